The predicted molar refractivity (Wildman–Crippen MR) is 114 cm³/mol. The minimum atomic E-state index is 0.253. The summed E-state index contributed by atoms with van der Waals surface area (Å²) >= 11 is 7.09. The molecule has 0 aliphatic rings. The third-order valence-corrected chi connectivity index (χ3v) is 5.32. The average molecular weight is 459 g/mol. The molecule has 0 aliphatic carbocycles. The predicted octanol–water partition coefficient (Wildman–Crippen LogP) is 7.75. The van der Waals surface area contributed by atoms with Gasteiger partial charge in [0.1, 0.15) is 0 Å². The van der Waals surface area contributed by atoms with Crippen molar-refractivity contribution in [1.29, 1.82) is 0 Å². The fraction of sp³-hybridized carbons (Fsp3) is 0.182. The molecule has 0 aliphatic heterocycles. The maximum atomic E-state index is 3.55. The Morgan fingerprint density at radius 3 is 1.48 bits per heavy atom. The first-order valence-electron chi connectivity index (χ1n) is 8.41. The van der Waals surface area contributed by atoms with E-state index < -0.39 is 0 Å². The van der Waals surface area contributed by atoms with Gasteiger partial charge in [-0.1, -0.05) is 76.0 Å². The lowest BCUT2D eigenvalue weighted by molar-refractivity contribution is 0.504. The van der Waals surface area contributed by atoms with Gasteiger partial charge >= 0.3 is 0 Å². The summed E-state index contributed by atoms with van der Waals surface area (Å²) in [6.07, 6.45) is 0. The Hall–Kier alpha value is -1.58. The van der Waals surface area contributed by atoms with Crippen LogP contribution in [0.2, 0.25) is 0 Å². The van der Waals surface area contributed by atoms with Gasteiger partial charge in [0.15, 0.2) is 0 Å². The van der Waals surface area contributed by atoms with Crippen LogP contribution >= 0.6 is 31.9 Å². The Bertz CT molecular complexity index is 750. The van der Waals surface area contributed by atoms with Gasteiger partial charge in [0, 0.05) is 20.3 Å². The molecule has 3 heteroatoms. The average Bonchev–Trinajstić information content (AvgIpc) is 2.62. The molecule has 0 fully saturated rings. The minimum Gasteiger partial charge on any atom is -0.334 e. The highest BCUT2D eigenvalue weighted by atomic mass is 79.9. The second-order valence-electron chi connectivity index (χ2n) is 6.42. The number of rotatable bonds is 5. The molecule has 1 unspecified atom stereocenters. The Kier molecular flexibility index (Phi) is 5.98. The maximum absolute atomic E-state index is 3.55. The third-order valence-electron chi connectivity index (χ3n) is 4.26. The fourth-order valence-corrected chi connectivity index (χ4v) is 3.68. The highest BCUT2D eigenvalue weighted by molar-refractivity contribution is 9.10. The molecule has 0 bridgehead atoms. The molecule has 3 rings (SSSR count). The zero-order valence-corrected chi connectivity index (χ0v) is 17.5. The van der Waals surface area contributed by atoms with Crippen molar-refractivity contribution >= 4 is 43.2 Å². The van der Waals surface area contributed by atoms with E-state index in [1.54, 1.807) is 0 Å². The monoisotopic (exact) mass is 457 g/mol. The van der Waals surface area contributed by atoms with Crippen LogP contribution in [0.3, 0.4) is 0 Å². The van der Waals surface area contributed by atoms with Gasteiger partial charge in [-0.15, -0.1) is 0 Å². The molecule has 1 atom stereocenters. The van der Waals surface area contributed by atoms with Crippen molar-refractivity contribution in [3.8, 4) is 0 Å². The van der Waals surface area contributed by atoms with Crippen molar-refractivity contribution in [2.24, 2.45) is 5.92 Å². The first-order valence-corrected chi connectivity index (χ1v) is 10.00. The van der Waals surface area contributed by atoms with Gasteiger partial charge in [0.25, 0.3) is 0 Å². The lowest BCUT2D eigenvalue weighted by atomic mass is 9.93. The van der Waals surface area contributed by atoms with Crippen molar-refractivity contribution in [2.75, 3.05) is 4.90 Å². The van der Waals surface area contributed by atoms with E-state index in [1.165, 1.54) is 16.9 Å². The van der Waals surface area contributed by atoms with Crippen LogP contribution in [0.4, 0.5) is 11.4 Å². The van der Waals surface area contributed by atoms with Crippen LogP contribution in [0.15, 0.2) is 87.8 Å². The van der Waals surface area contributed by atoms with E-state index in [0.717, 1.165) is 8.95 Å². The van der Waals surface area contributed by atoms with Crippen molar-refractivity contribution in [3.05, 3.63) is 93.4 Å². The highest BCUT2D eigenvalue weighted by Gasteiger charge is 2.25. The van der Waals surface area contributed by atoms with E-state index in [-0.39, 0.29) is 6.04 Å². The summed E-state index contributed by atoms with van der Waals surface area (Å²) in [5, 5.41) is 0. The van der Waals surface area contributed by atoms with Gasteiger partial charge in [0.05, 0.1) is 6.04 Å². The molecule has 0 heterocycles. The lowest BCUT2D eigenvalue weighted by Crippen LogP contribution is -2.28. The molecule has 0 radical (unpaired) electrons. The van der Waals surface area contributed by atoms with E-state index in [0.29, 0.717) is 5.92 Å². The molecule has 1 nitrogen and oxygen atoms in total. The number of hydrogen-bond donors (Lipinski definition) is 0. The standard InChI is InChI=1S/C22H21Br2N/c1-16(2)22(17-6-4-3-5-7-17)25(20-12-8-18(23)9-13-20)21-14-10-19(24)11-15-21/h3-16,22H,1-2H3. The molecule has 0 amide bonds. The maximum Gasteiger partial charge on any atom is 0.0614 e. The van der Waals surface area contributed by atoms with Crippen LogP contribution in [0, 0.1) is 5.92 Å². The number of benzene rings is 3. The van der Waals surface area contributed by atoms with Gasteiger partial charge in [0.2, 0.25) is 0 Å². The second kappa shape index (κ2) is 8.20. The summed E-state index contributed by atoms with van der Waals surface area (Å²) in [6.45, 7) is 4.56. The van der Waals surface area contributed by atoms with Gasteiger partial charge in [-0.3, -0.25) is 0 Å². The van der Waals surface area contributed by atoms with Gasteiger partial charge in [-0.05, 0) is 60.0 Å². The Morgan fingerprint density at radius 2 is 1.08 bits per heavy atom. The van der Waals surface area contributed by atoms with E-state index >= 15 is 0 Å². The highest BCUT2D eigenvalue weighted by Crippen LogP contribution is 2.39. The summed E-state index contributed by atoms with van der Waals surface area (Å²) in [6, 6.07) is 28.1. The van der Waals surface area contributed by atoms with E-state index in [2.05, 4.69) is 129 Å². The van der Waals surface area contributed by atoms with Crippen LogP contribution in [-0.2, 0) is 0 Å². The second-order valence-corrected chi connectivity index (χ2v) is 8.25. The number of anilines is 2. The largest absolute Gasteiger partial charge is 0.334 e. The summed E-state index contributed by atoms with van der Waals surface area (Å²) in [5.41, 5.74) is 3.70. The zero-order valence-electron chi connectivity index (χ0n) is 14.4. The third kappa shape index (κ3) is 4.34. The molecule has 0 spiro atoms. The molecule has 3 aromatic carbocycles. The molecule has 128 valence electrons. The van der Waals surface area contributed by atoms with E-state index in [1.807, 2.05) is 0 Å². The smallest absolute Gasteiger partial charge is 0.0614 e. The van der Waals surface area contributed by atoms with E-state index in [9.17, 15) is 0 Å². The molecule has 0 saturated heterocycles. The minimum absolute atomic E-state index is 0.253. The van der Waals surface area contributed by atoms with Crippen LogP contribution < -0.4 is 4.90 Å². The van der Waals surface area contributed by atoms with Crippen LogP contribution in [-0.4, -0.2) is 0 Å². The van der Waals surface area contributed by atoms with Gasteiger partial charge < -0.3 is 4.90 Å². The van der Waals surface area contributed by atoms with Crippen LogP contribution in [0.25, 0.3) is 0 Å². The van der Waals surface area contributed by atoms with Crippen molar-refractivity contribution in [2.45, 2.75) is 19.9 Å². The summed E-state index contributed by atoms with van der Waals surface area (Å²) in [4.78, 5) is 2.43. The molecular formula is C22H21Br2N. The first-order chi connectivity index (χ1) is 12.1. The molecular weight excluding hydrogens is 438 g/mol. The Balaban J connectivity index is 2.14. The number of hydrogen-bond acceptors (Lipinski definition) is 1. The molecule has 25 heavy (non-hydrogen) atoms. The number of nitrogens with zero attached hydrogens (tertiary/aromatic N) is 1. The zero-order chi connectivity index (χ0) is 17.8. The van der Waals surface area contributed by atoms with E-state index in [4.69, 9.17) is 0 Å². The van der Waals surface area contributed by atoms with Gasteiger partial charge in [-0.2, -0.15) is 0 Å². The lowest BCUT2D eigenvalue weighted by Gasteiger charge is -2.37. The van der Waals surface area contributed by atoms with Gasteiger partial charge in [-0.25, -0.2) is 0 Å². The summed E-state index contributed by atoms with van der Waals surface area (Å²) < 4.78 is 2.18. The quantitative estimate of drug-likeness (QED) is 0.377. The molecule has 0 saturated carbocycles. The molecule has 3 aromatic rings. The Labute approximate surface area is 167 Å². The van der Waals surface area contributed by atoms with Crippen molar-refractivity contribution in [3.63, 3.8) is 0 Å². The summed E-state index contributed by atoms with van der Waals surface area (Å²) in [5.74, 6) is 0.453. The van der Waals surface area contributed by atoms with Crippen LogP contribution in [0.1, 0.15) is 25.5 Å². The number of halogens is 2. The van der Waals surface area contributed by atoms with Crippen LogP contribution in [0.5, 0.6) is 0 Å². The summed E-state index contributed by atoms with van der Waals surface area (Å²) in [7, 11) is 0. The van der Waals surface area contributed by atoms with Crippen molar-refractivity contribution < 1.29 is 0 Å². The fourth-order valence-electron chi connectivity index (χ4n) is 3.16. The molecule has 0 aromatic heterocycles. The first kappa shape index (κ1) is 18.2. The van der Waals surface area contributed by atoms with Crippen molar-refractivity contribution in [1.82, 2.24) is 0 Å². The molecule has 0 N–H and O–H groups in total. The topological polar surface area (TPSA) is 3.24 Å². The Morgan fingerprint density at radius 1 is 0.640 bits per heavy atom. The normalized spacial score (nSPS) is 12.2. The SMILES string of the molecule is CC(C)C(c1ccccc1)N(c1ccc(Br)cc1)c1ccc(Br)cc1.